The van der Waals surface area contributed by atoms with E-state index in [1.165, 1.54) is 20.1 Å². The van der Waals surface area contributed by atoms with Crippen LogP contribution in [0, 0.1) is 12.7 Å². The topological polar surface area (TPSA) is 55.4 Å². The zero-order valence-electron chi connectivity index (χ0n) is 7.74. The van der Waals surface area contributed by atoms with E-state index in [2.05, 4.69) is 4.84 Å². The lowest BCUT2D eigenvalue weighted by atomic mass is 10.2. The molecule has 0 aliphatic heterocycles. The molecule has 0 aliphatic carbocycles. The molecule has 0 fully saturated rings. The maximum Gasteiger partial charge on any atom is 0.262 e. The highest BCUT2D eigenvalue weighted by Crippen LogP contribution is 2.15. The summed E-state index contributed by atoms with van der Waals surface area (Å²) in [5, 5.41) is 0. The summed E-state index contributed by atoms with van der Waals surface area (Å²) in [7, 11) is -2.51. The fourth-order valence-corrected chi connectivity index (χ4v) is 2.11. The second-order valence-corrected chi connectivity index (χ2v) is 4.31. The molecule has 0 heterocycles. The number of aryl methyl sites for hydroxylation is 1. The molecule has 1 rings (SSSR count). The minimum absolute atomic E-state index is 0.000694. The van der Waals surface area contributed by atoms with Gasteiger partial charge in [0.05, 0.1) is 12.0 Å². The van der Waals surface area contributed by atoms with E-state index >= 15 is 0 Å². The summed E-state index contributed by atoms with van der Waals surface area (Å²) in [4.78, 5) is 6.16. The molecule has 0 aliphatic rings. The number of hydrogen-bond acceptors (Lipinski definition) is 3. The van der Waals surface area contributed by atoms with Crippen LogP contribution in [0.4, 0.5) is 4.39 Å². The van der Waals surface area contributed by atoms with Crippen molar-refractivity contribution in [1.29, 1.82) is 0 Å². The number of halogens is 1. The van der Waals surface area contributed by atoms with Crippen molar-refractivity contribution in [2.24, 2.45) is 0 Å². The molecular formula is C8H10FNO3S. The van der Waals surface area contributed by atoms with Gasteiger partial charge >= 0.3 is 0 Å². The van der Waals surface area contributed by atoms with Gasteiger partial charge in [-0.2, -0.15) is 0 Å². The molecule has 0 spiro atoms. The predicted molar refractivity (Wildman–Crippen MR) is 48.5 cm³/mol. The minimum Gasteiger partial charge on any atom is -0.290 e. The molecule has 1 aromatic carbocycles. The Morgan fingerprint density at radius 1 is 1.43 bits per heavy atom. The van der Waals surface area contributed by atoms with Crippen LogP contribution in [0.15, 0.2) is 23.1 Å². The second kappa shape index (κ2) is 4.04. The molecule has 0 amide bonds. The van der Waals surface area contributed by atoms with Crippen LogP contribution in [-0.4, -0.2) is 15.5 Å². The molecule has 0 saturated carbocycles. The van der Waals surface area contributed by atoms with Gasteiger partial charge in [0, 0.05) is 0 Å². The van der Waals surface area contributed by atoms with Crippen molar-refractivity contribution in [3.05, 3.63) is 29.6 Å². The number of nitrogens with one attached hydrogen (secondary N) is 1. The first-order chi connectivity index (χ1) is 6.47. The Morgan fingerprint density at radius 3 is 2.57 bits per heavy atom. The van der Waals surface area contributed by atoms with Gasteiger partial charge < -0.3 is 0 Å². The van der Waals surface area contributed by atoms with Crippen LogP contribution < -0.4 is 4.89 Å². The maximum absolute atomic E-state index is 12.7. The normalized spacial score (nSPS) is 11.6. The number of sulfonamides is 1. The fourth-order valence-electron chi connectivity index (χ4n) is 1.07. The summed E-state index contributed by atoms with van der Waals surface area (Å²) in [6, 6.07) is 3.41. The van der Waals surface area contributed by atoms with Gasteiger partial charge in [0.1, 0.15) is 5.82 Å². The van der Waals surface area contributed by atoms with Crippen LogP contribution in [0.1, 0.15) is 5.56 Å². The van der Waals surface area contributed by atoms with Crippen LogP contribution in [0.5, 0.6) is 0 Å². The Kier molecular flexibility index (Phi) is 3.20. The van der Waals surface area contributed by atoms with E-state index in [1.807, 2.05) is 4.89 Å². The molecular weight excluding hydrogens is 209 g/mol. The van der Waals surface area contributed by atoms with E-state index in [-0.39, 0.29) is 4.90 Å². The molecule has 0 aromatic heterocycles. The lowest BCUT2D eigenvalue weighted by Crippen LogP contribution is -2.23. The van der Waals surface area contributed by atoms with E-state index in [0.717, 1.165) is 12.1 Å². The molecule has 0 radical (unpaired) electrons. The Labute approximate surface area is 81.7 Å². The smallest absolute Gasteiger partial charge is 0.262 e. The molecule has 4 nitrogen and oxygen atoms in total. The van der Waals surface area contributed by atoms with E-state index in [1.54, 1.807) is 0 Å². The lowest BCUT2D eigenvalue weighted by Gasteiger charge is -2.06. The number of hydrogen-bond donors (Lipinski definition) is 1. The molecule has 0 saturated heterocycles. The van der Waals surface area contributed by atoms with Gasteiger partial charge in [-0.15, -0.1) is 0 Å². The van der Waals surface area contributed by atoms with Gasteiger partial charge in [-0.05, 0) is 30.7 Å². The lowest BCUT2D eigenvalue weighted by molar-refractivity contribution is 0.153. The van der Waals surface area contributed by atoms with E-state index in [4.69, 9.17) is 0 Å². The Balaban J connectivity index is 3.20. The van der Waals surface area contributed by atoms with E-state index < -0.39 is 15.8 Å². The SMILES string of the molecule is CONS(=O)(=O)c1ccc(F)cc1C. The summed E-state index contributed by atoms with van der Waals surface area (Å²) in [6.07, 6.45) is 0. The van der Waals surface area contributed by atoms with E-state index in [9.17, 15) is 12.8 Å². The molecule has 0 bridgehead atoms. The first kappa shape index (κ1) is 11.1. The minimum atomic E-state index is -3.70. The first-order valence-corrected chi connectivity index (χ1v) is 5.26. The van der Waals surface area contributed by atoms with Crippen molar-refractivity contribution in [1.82, 2.24) is 4.89 Å². The zero-order chi connectivity index (χ0) is 10.8. The third kappa shape index (κ3) is 2.28. The Hall–Kier alpha value is -0.980. The third-order valence-corrected chi connectivity index (χ3v) is 3.04. The summed E-state index contributed by atoms with van der Waals surface area (Å²) >= 11 is 0. The van der Waals surface area contributed by atoms with Gasteiger partial charge in [-0.1, -0.05) is 4.89 Å². The van der Waals surface area contributed by atoms with Gasteiger partial charge in [0.2, 0.25) is 0 Å². The zero-order valence-corrected chi connectivity index (χ0v) is 8.56. The summed E-state index contributed by atoms with van der Waals surface area (Å²) < 4.78 is 35.5. The second-order valence-electron chi connectivity index (χ2n) is 2.70. The van der Waals surface area contributed by atoms with Crippen LogP contribution in [0.2, 0.25) is 0 Å². The molecule has 14 heavy (non-hydrogen) atoms. The highest BCUT2D eigenvalue weighted by molar-refractivity contribution is 7.89. The summed E-state index contributed by atoms with van der Waals surface area (Å²) in [5.41, 5.74) is 0.328. The number of benzene rings is 1. The fraction of sp³-hybridized carbons (Fsp3) is 0.250. The maximum atomic E-state index is 12.7. The van der Waals surface area contributed by atoms with Crippen LogP contribution in [0.25, 0.3) is 0 Å². The highest BCUT2D eigenvalue weighted by Gasteiger charge is 2.16. The van der Waals surface area contributed by atoms with Crippen molar-refractivity contribution in [3.8, 4) is 0 Å². The van der Waals surface area contributed by atoms with Gasteiger partial charge in [-0.25, -0.2) is 12.8 Å². The molecule has 0 atom stereocenters. The van der Waals surface area contributed by atoms with Crippen LogP contribution in [0.3, 0.4) is 0 Å². The van der Waals surface area contributed by atoms with Gasteiger partial charge in [0.15, 0.2) is 0 Å². The molecule has 6 heteroatoms. The van der Waals surface area contributed by atoms with Gasteiger partial charge in [0.25, 0.3) is 10.0 Å². The van der Waals surface area contributed by atoms with Crippen molar-refractivity contribution in [2.75, 3.05) is 7.11 Å². The average Bonchev–Trinajstić information content (AvgIpc) is 2.02. The quantitative estimate of drug-likeness (QED) is 0.771. The van der Waals surface area contributed by atoms with Crippen molar-refractivity contribution in [3.63, 3.8) is 0 Å². The van der Waals surface area contributed by atoms with E-state index in [0.29, 0.717) is 5.56 Å². The van der Waals surface area contributed by atoms with Crippen molar-refractivity contribution in [2.45, 2.75) is 11.8 Å². The largest absolute Gasteiger partial charge is 0.290 e. The Bertz CT molecular complexity index is 430. The highest BCUT2D eigenvalue weighted by atomic mass is 32.2. The molecule has 1 N–H and O–H groups in total. The van der Waals surface area contributed by atoms with Gasteiger partial charge in [-0.3, -0.25) is 4.84 Å². The molecule has 0 unspecified atom stereocenters. The monoisotopic (exact) mass is 219 g/mol. The standard InChI is InChI=1S/C8H10FNO3S/c1-6-5-7(9)3-4-8(6)14(11,12)10-13-2/h3-5,10H,1-2H3. The summed E-state index contributed by atoms with van der Waals surface area (Å²) in [6.45, 7) is 1.51. The van der Waals surface area contributed by atoms with Crippen LogP contribution in [-0.2, 0) is 14.9 Å². The van der Waals surface area contributed by atoms with Crippen molar-refractivity contribution >= 4 is 10.0 Å². The van der Waals surface area contributed by atoms with Crippen molar-refractivity contribution < 1.29 is 17.6 Å². The number of rotatable bonds is 3. The summed E-state index contributed by atoms with van der Waals surface area (Å²) in [5.74, 6) is -0.473. The first-order valence-electron chi connectivity index (χ1n) is 3.78. The van der Waals surface area contributed by atoms with Crippen LogP contribution >= 0.6 is 0 Å². The third-order valence-electron chi connectivity index (χ3n) is 1.62. The molecule has 1 aromatic rings. The Morgan fingerprint density at radius 2 is 2.07 bits per heavy atom. The predicted octanol–water partition coefficient (Wildman–Crippen LogP) is 0.974. The average molecular weight is 219 g/mol. The molecule has 78 valence electrons.